The summed E-state index contributed by atoms with van der Waals surface area (Å²) in [6, 6.07) is 0.994. The molecule has 124 valence electrons. The van der Waals surface area contributed by atoms with Crippen LogP contribution in [0.25, 0.3) is 0 Å². The van der Waals surface area contributed by atoms with Gasteiger partial charge in [0, 0.05) is 12.5 Å². The van der Waals surface area contributed by atoms with Crippen LogP contribution in [0.3, 0.4) is 0 Å². The number of carbonyl (C=O) groups is 1. The Labute approximate surface area is 139 Å². The van der Waals surface area contributed by atoms with Crippen LogP contribution < -0.4 is 0 Å². The van der Waals surface area contributed by atoms with Gasteiger partial charge >= 0.3 is 5.97 Å². The first-order valence-electron chi connectivity index (χ1n) is 7.41. The normalized spacial score (nSPS) is 22.5. The van der Waals surface area contributed by atoms with Crippen LogP contribution in [-0.4, -0.2) is 34.0 Å². The van der Waals surface area contributed by atoms with Crippen LogP contribution in [-0.2, 0) is 11.2 Å². The van der Waals surface area contributed by atoms with Crippen molar-refractivity contribution in [2.24, 2.45) is 0 Å². The van der Waals surface area contributed by atoms with E-state index < -0.39 is 17.8 Å². The average Bonchev–Trinajstić information content (AvgIpc) is 2.50. The summed E-state index contributed by atoms with van der Waals surface area (Å²) in [6.07, 6.45) is 8.60. The summed E-state index contributed by atoms with van der Waals surface area (Å²) in [5.74, 6) is -1.51. The number of carbonyl (C=O) groups excluding carboxylic acids is 1. The molecule has 1 atom stereocenters. The van der Waals surface area contributed by atoms with Crippen molar-refractivity contribution in [3.05, 3.63) is 46.5 Å². The topological polar surface area (TPSA) is 87.0 Å². The van der Waals surface area contributed by atoms with Gasteiger partial charge in [0.1, 0.15) is 17.1 Å². The van der Waals surface area contributed by atoms with E-state index in [0.29, 0.717) is 6.42 Å². The Morgan fingerprint density at radius 2 is 1.78 bits per heavy atom. The summed E-state index contributed by atoms with van der Waals surface area (Å²) < 4.78 is 5.13. The van der Waals surface area contributed by atoms with Gasteiger partial charge in [0.25, 0.3) is 0 Å². The third-order valence-corrected chi connectivity index (χ3v) is 3.90. The molecule has 1 aliphatic rings. The van der Waals surface area contributed by atoms with Crippen LogP contribution in [0.2, 0.25) is 5.02 Å². The van der Waals surface area contributed by atoms with E-state index in [2.05, 4.69) is 0 Å². The summed E-state index contributed by atoms with van der Waals surface area (Å²) in [7, 11) is 0. The summed E-state index contributed by atoms with van der Waals surface area (Å²) in [4.78, 5) is 12.2. The third kappa shape index (κ3) is 4.50. The fourth-order valence-electron chi connectivity index (χ4n) is 2.35. The van der Waals surface area contributed by atoms with Gasteiger partial charge in [-0.3, -0.25) is 0 Å². The summed E-state index contributed by atoms with van der Waals surface area (Å²) in [6.45, 7) is 0.172. The number of aromatic hydroxyl groups is 2. The van der Waals surface area contributed by atoms with E-state index in [9.17, 15) is 20.1 Å². The number of ether oxygens (including phenoxy) is 1. The Bertz CT molecular complexity index is 636. The van der Waals surface area contributed by atoms with Crippen molar-refractivity contribution in [2.75, 3.05) is 6.61 Å². The second kappa shape index (κ2) is 8.04. The maximum atomic E-state index is 12.2. The first-order valence-corrected chi connectivity index (χ1v) is 7.78. The van der Waals surface area contributed by atoms with Gasteiger partial charge in [-0.15, -0.1) is 0 Å². The Morgan fingerprint density at radius 1 is 1.09 bits per heavy atom. The Morgan fingerprint density at radius 3 is 2.57 bits per heavy atom. The molecule has 1 aromatic rings. The van der Waals surface area contributed by atoms with Crippen LogP contribution in [0, 0.1) is 0 Å². The molecule has 0 amide bonds. The van der Waals surface area contributed by atoms with E-state index in [0.717, 1.165) is 18.9 Å². The molecule has 0 aliphatic carbocycles. The van der Waals surface area contributed by atoms with E-state index >= 15 is 0 Å². The molecule has 0 radical (unpaired) electrons. The molecule has 5 nitrogen and oxygen atoms in total. The maximum absolute atomic E-state index is 12.2. The molecule has 2 rings (SSSR count). The van der Waals surface area contributed by atoms with Crippen molar-refractivity contribution in [1.82, 2.24) is 0 Å². The summed E-state index contributed by atoms with van der Waals surface area (Å²) in [5, 5.41) is 29.7. The molecule has 1 aromatic carbocycles. The smallest absolute Gasteiger partial charge is 0.342 e. The van der Waals surface area contributed by atoms with Gasteiger partial charge in [0.2, 0.25) is 0 Å². The maximum Gasteiger partial charge on any atom is 0.342 e. The molecule has 0 spiro atoms. The number of cyclic esters (lactones) is 1. The molecule has 0 saturated heterocycles. The Balaban J connectivity index is 2.43. The fourth-order valence-corrected chi connectivity index (χ4v) is 2.58. The number of hydrogen-bond acceptors (Lipinski definition) is 5. The van der Waals surface area contributed by atoms with Crippen molar-refractivity contribution in [1.29, 1.82) is 0 Å². The monoisotopic (exact) mass is 338 g/mol. The van der Waals surface area contributed by atoms with Gasteiger partial charge in [-0.05, 0) is 24.8 Å². The predicted molar refractivity (Wildman–Crippen MR) is 86.9 cm³/mol. The van der Waals surface area contributed by atoms with Crippen LogP contribution in [0.5, 0.6) is 11.5 Å². The van der Waals surface area contributed by atoms with Gasteiger partial charge in [-0.2, -0.15) is 0 Å². The molecular formula is C17H19ClO5. The molecule has 6 heteroatoms. The van der Waals surface area contributed by atoms with Crippen molar-refractivity contribution >= 4 is 17.6 Å². The zero-order valence-corrected chi connectivity index (χ0v) is 13.3. The number of aliphatic hydroxyl groups is 1. The van der Waals surface area contributed by atoms with Gasteiger partial charge in [0.05, 0.1) is 17.7 Å². The molecule has 0 aromatic heterocycles. The van der Waals surface area contributed by atoms with Gasteiger partial charge in [0.15, 0.2) is 0 Å². The van der Waals surface area contributed by atoms with Gasteiger partial charge in [-0.25, -0.2) is 4.79 Å². The largest absolute Gasteiger partial charge is 0.507 e. The van der Waals surface area contributed by atoms with Crippen molar-refractivity contribution in [2.45, 2.75) is 31.8 Å². The summed E-state index contributed by atoms with van der Waals surface area (Å²) >= 11 is 6.05. The number of rotatable bonds is 0. The van der Waals surface area contributed by atoms with Crippen molar-refractivity contribution < 1.29 is 24.9 Å². The van der Waals surface area contributed by atoms with Crippen molar-refractivity contribution in [3.8, 4) is 11.5 Å². The minimum absolute atomic E-state index is 0.0163. The number of aliphatic hydroxyl groups excluding tert-OH is 1. The number of esters is 1. The lowest BCUT2D eigenvalue weighted by molar-refractivity contribution is 0.0506. The fraction of sp³-hybridized carbons (Fsp3) is 0.353. The second-order valence-corrected chi connectivity index (χ2v) is 5.63. The Kier molecular flexibility index (Phi) is 6.07. The SMILES string of the molecule is O=C1OCC/C=C/CC/C=C/C(O)Cc2c(Cl)c(O)cc(O)c21. The highest BCUT2D eigenvalue weighted by atomic mass is 35.5. The zero-order valence-electron chi connectivity index (χ0n) is 12.5. The van der Waals surface area contributed by atoms with Crippen LogP contribution >= 0.6 is 11.6 Å². The molecule has 1 aliphatic heterocycles. The number of fused-ring (bicyclic) bond motifs is 1. The molecule has 0 bridgehead atoms. The lowest BCUT2D eigenvalue weighted by Gasteiger charge is -2.15. The zero-order chi connectivity index (χ0) is 16.8. The standard InChI is InChI=1S/C17H19ClO5/c18-16-12-9-11(19)7-5-3-1-2-4-6-8-23-17(22)15(12)13(20)10-14(16)21/h2,4-5,7,10-11,19-21H,1,3,6,8-9H2/b4-2+,7-5+. The highest BCUT2D eigenvalue weighted by Gasteiger charge is 2.24. The summed E-state index contributed by atoms with van der Waals surface area (Å²) in [5.41, 5.74) is 0.0419. The average molecular weight is 339 g/mol. The third-order valence-electron chi connectivity index (χ3n) is 3.48. The van der Waals surface area contributed by atoms with Crippen LogP contribution in [0.4, 0.5) is 0 Å². The van der Waals surface area contributed by atoms with Crippen LogP contribution in [0.15, 0.2) is 30.4 Å². The minimum Gasteiger partial charge on any atom is -0.507 e. The molecular weight excluding hydrogens is 320 g/mol. The lowest BCUT2D eigenvalue weighted by atomic mass is 9.99. The Hall–Kier alpha value is -1.98. The first-order chi connectivity index (χ1) is 11.0. The molecule has 23 heavy (non-hydrogen) atoms. The number of phenols is 2. The number of hydrogen-bond donors (Lipinski definition) is 3. The first kappa shape index (κ1) is 17.4. The van der Waals surface area contributed by atoms with E-state index in [1.807, 2.05) is 18.2 Å². The minimum atomic E-state index is -0.896. The van der Waals surface area contributed by atoms with Crippen LogP contribution in [0.1, 0.15) is 35.2 Å². The molecule has 0 fully saturated rings. The van der Waals surface area contributed by atoms with E-state index in [1.54, 1.807) is 6.08 Å². The predicted octanol–water partition coefficient (Wildman–Crippen LogP) is 3.11. The number of phenolic OH excluding ortho intramolecular Hbond substituents is 2. The molecule has 0 saturated carbocycles. The highest BCUT2D eigenvalue weighted by Crippen LogP contribution is 2.37. The van der Waals surface area contributed by atoms with Crippen molar-refractivity contribution in [3.63, 3.8) is 0 Å². The lowest BCUT2D eigenvalue weighted by Crippen LogP contribution is -2.15. The van der Waals surface area contributed by atoms with E-state index in [4.69, 9.17) is 16.3 Å². The van der Waals surface area contributed by atoms with Gasteiger partial charge < -0.3 is 20.1 Å². The second-order valence-electron chi connectivity index (χ2n) is 5.26. The number of allylic oxidation sites excluding steroid dienone is 2. The number of benzene rings is 1. The molecule has 3 N–H and O–H groups in total. The van der Waals surface area contributed by atoms with E-state index in [-0.39, 0.29) is 34.9 Å². The quantitative estimate of drug-likeness (QED) is 0.500. The highest BCUT2D eigenvalue weighted by molar-refractivity contribution is 6.33. The molecule has 1 heterocycles. The van der Waals surface area contributed by atoms with Gasteiger partial charge in [-0.1, -0.05) is 35.9 Å². The molecule has 1 unspecified atom stereocenters. The van der Waals surface area contributed by atoms with E-state index in [1.165, 1.54) is 0 Å². The number of halogens is 1.